The highest BCUT2D eigenvalue weighted by molar-refractivity contribution is 5.43. The molecule has 1 aliphatic heterocycles. The van der Waals surface area contributed by atoms with Crippen molar-refractivity contribution in [1.29, 1.82) is 0 Å². The first-order chi connectivity index (χ1) is 9.83. The van der Waals surface area contributed by atoms with Gasteiger partial charge in [-0.1, -0.05) is 33.1 Å². The van der Waals surface area contributed by atoms with Gasteiger partial charge in [-0.05, 0) is 43.5 Å². The van der Waals surface area contributed by atoms with E-state index in [1.165, 1.54) is 55.8 Å². The number of hydrogen-bond donors (Lipinski definition) is 1. The molecule has 2 heterocycles. The van der Waals surface area contributed by atoms with Gasteiger partial charge >= 0.3 is 0 Å². The fourth-order valence-corrected chi connectivity index (χ4v) is 2.85. The fraction of sp³-hybridized carbons (Fsp3) is 0.706. The Hall–Kier alpha value is -1.09. The Balaban J connectivity index is 2.17. The van der Waals surface area contributed by atoms with Crippen LogP contribution in [0.4, 0.5) is 5.82 Å². The Morgan fingerprint density at radius 3 is 2.50 bits per heavy atom. The van der Waals surface area contributed by atoms with Crippen molar-refractivity contribution < 1.29 is 0 Å². The van der Waals surface area contributed by atoms with Crippen molar-refractivity contribution in [2.24, 2.45) is 0 Å². The molecule has 3 heteroatoms. The van der Waals surface area contributed by atoms with E-state index in [4.69, 9.17) is 4.98 Å². The minimum Gasteiger partial charge on any atom is -0.357 e. The van der Waals surface area contributed by atoms with E-state index in [0.717, 1.165) is 25.9 Å². The summed E-state index contributed by atoms with van der Waals surface area (Å²) in [4.78, 5) is 7.38. The van der Waals surface area contributed by atoms with Gasteiger partial charge in [0.15, 0.2) is 0 Å². The van der Waals surface area contributed by atoms with Gasteiger partial charge in [-0.25, -0.2) is 4.98 Å². The number of nitrogens with one attached hydrogen (secondary N) is 1. The Morgan fingerprint density at radius 2 is 1.85 bits per heavy atom. The molecular weight excluding hydrogens is 246 g/mol. The summed E-state index contributed by atoms with van der Waals surface area (Å²) in [5.41, 5.74) is 2.63. The summed E-state index contributed by atoms with van der Waals surface area (Å²) in [5, 5.41) is 3.43. The molecular formula is C17H29N3. The molecule has 0 aliphatic carbocycles. The van der Waals surface area contributed by atoms with Crippen LogP contribution in [-0.2, 0) is 13.0 Å². The van der Waals surface area contributed by atoms with Gasteiger partial charge in [0, 0.05) is 25.3 Å². The van der Waals surface area contributed by atoms with Gasteiger partial charge in [-0.15, -0.1) is 0 Å². The molecule has 1 fully saturated rings. The Kier molecular flexibility index (Phi) is 6.31. The van der Waals surface area contributed by atoms with E-state index in [-0.39, 0.29) is 0 Å². The molecule has 1 aromatic heterocycles. The van der Waals surface area contributed by atoms with Crippen molar-refractivity contribution in [3.8, 4) is 0 Å². The minimum atomic E-state index is 0.955. The highest BCUT2D eigenvalue weighted by Gasteiger charge is 2.12. The van der Waals surface area contributed by atoms with Crippen molar-refractivity contribution in [2.75, 3.05) is 24.5 Å². The molecule has 0 atom stereocenters. The fourth-order valence-electron chi connectivity index (χ4n) is 2.85. The Bertz CT molecular complexity index is 395. The van der Waals surface area contributed by atoms with E-state index in [1.807, 2.05) is 0 Å². The summed E-state index contributed by atoms with van der Waals surface area (Å²) < 4.78 is 0. The summed E-state index contributed by atoms with van der Waals surface area (Å²) in [6.45, 7) is 8.70. The van der Waals surface area contributed by atoms with Gasteiger partial charge in [-0.2, -0.15) is 0 Å². The first-order valence-electron chi connectivity index (χ1n) is 8.29. The van der Waals surface area contributed by atoms with E-state index >= 15 is 0 Å². The second-order valence-corrected chi connectivity index (χ2v) is 5.76. The molecule has 2 rings (SSSR count). The van der Waals surface area contributed by atoms with Crippen LogP contribution >= 0.6 is 0 Å². The predicted octanol–water partition coefficient (Wildman–Crippen LogP) is 3.52. The smallest absolute Gasteiger partial charge is 0.129 e. The molecule has 112 valence electrons. The zero-order chi connectivity index (χ0) is 14.2. The normalized spacial score (nSPS) is 16.2. The van der Waals surface area contributed by atoms with Crippen LogP contribution in [0.15, 0.2) is 12.1 Å². The van der Waals surface area contributed by atoms with Crippen LogP contribution in [0.25, 0.3) is 0 Å². The largest absolute Gasteiger partial charge is 0.357 e. The van der Waals surface area contributed by atoms with Crippen molar-refractivity contribution in [3.05, 3.63) is 23.4 Å². The topological polar surface area (TPSA) is 28.2 Å². The minimum absolute atomic E-state index is 0.955. The quantitative estimate of drug-likeness (QED) is 0.861. The van der Waals surface area contributed by atoms with Gasteiger partial charge < -0.3 is 10.2 Å². The van der Waals surface area contributed by atoms with Crippen LogP contribution in [0.5, 0.6) is 0 Å². The summed E-state index contributed by atoms with van der Waals surface area (Å²) in [6, 6.07) is 4.56. The van der Waals surface area contributed by atoms with Gasteiger partial charge in [0.1, 0.15) is 5.82 Å². The van der Waals surface area contributed by atoms with Crippen LogP contribution in [0.3, 0.4) is 0 Å². The Labute approximate surface area is 123 Å². The molecule has 1 N–H and O–H groups in total. The zero-order valence-electron chi connectivity index (χ0n) is 13.1. The third-order valence-corrected chi connectivity index (χ3v) is 3.94. The highest BCUT2D eigenvalue weighted by Crippen LogP contribution is 2.20. The molecule has 3 nitrogen and oxygen atoms in total. The van der Waals surface area contributed by atoms with Gasteiger partial charge in [0.2, 0.25) is 0 Å². The van der Waals surface area contributed by atoms with Crippen molar-refractivity contribution in [1.82, 2.24) is 10.3 Å². The number of nitrogens with zero attached hydrogens (tertiary/aromatic N) is 2. The third-order valence-electron chi connectivity index (χ3n) is 3.94. The van der Waals surface area contributed by atoms with E-state index < -0.39 is 0 Å². The predicted molar refractivity (Wildman–Crippen MR) is 86.3 cm³/mol. The standard InChI is InChI=1S/C17H29N3/c1-3-9-16-12-15(14-18-4-2)13-17(19-16)20-10-7-5-6-8-11-20/h12-13,18H,3-11,14H2,1-2H3. The highest BCUT2D eigenvalue weighted by atomic mass is 15.2. The zero-order valence-corrected chi connectivity index (χ0v) is 13.1. The van der Waals surface area contributed by atoms with Crippen molar-refractivity contribution >= 4 is 5.82 Å². The molecule has 1 aromatic rings. The maximum Gasteiger partial charge on any atom is 0.129 e. The average Bonchev–Trinajstić information content (AvgIpc) is 2.74. The summed E-state index contributed by atoms with van der Waals surface area (Å²) in [7, 11) is 0. The van der Waals surface area contributed by atoms with Crippen LogP contribution in [-0.4, -0.2) is 24.6 Å². The molecule has 0 amide bonds. The molecule has 0 unspecified atom stereocenters. The molecule has 0 saturated carbocycles. The second kappa shape index (κ2) is 8.25. The summed E-state index contributed by atoms with van der Waals surface area (Å²) in [6.07, 6.45) is 7.60. The van der Waals surface area contributed by atoms with E-state index in [0.29, 0.717) is 0 Å². The molecule has 0 spiro atoms. The van der Waals surface area contributed by atoms with Crippen LogP contribution in [0, 0.1) is 0 Å². The van der Waals surface area contributed by atoms with Gasteiger partial charge in [0.05, 0.1) is 0 Å². The SMILES string of the molecule is CCCc1cc(CNCC)cc(N2CCCCCC2)n1. The first-order valence-corrected chi connectivity index (χ1v) is 8.29. The molecule has 1 aliphatic rings. The first kappa shape index (κ1) is 15.3. The van der Waals surface area contributed by atoms with Gasteiger partial charge in [-0.3, -0.25) is 0 Å². The molecule has 20 heavy (non-hydrogen) atoms. The third kappa shape index (κ3) is 4.48. The van der Waals surface area contributed by atoms with Crippen LogP contribution in [0.1, 0.15) is 57.2 Å². The molecule has 0 radical (unpaired) electrons. The van der Waals surface area contributed by atoms with E-state index in [9.17, 15) is 0 Å². The summed E-state index contributed by atoms with van der Waals surface area (Å²) >= 11 is 0. The Morgan fingerprint density at radius 1 is 1.10 bits per heavy atom. The lowest BCUT2D eigenvalue weighted by Gasteiger charge is -2.23. The lowest BCUT2D eigenvalue weighted by Crippen LogP contribution is -2.25. The number of aromatic nitrogens is 1. The maximum absolute atomic E-state index is 4.89. The number of aryl methyl sites for hydroxylation is 1. The second-order valence-electron chi connectivity index (χ2n) is 5.76. The molecule has 1 saturated heterocycles. The summed E-state index contributed by atoms with van der Waals surface area (Å²) in [5.74, 6) is 1.20. The number of hydrogen-bond acceptors (Lipinski definition) is 3. The van der Waals surface area contributed by atoms with E-state index in [2.05, 4.69) is 36.2 Å². The van der Waals surface area contributed by atoms with Crippen molar-refractivity contribution in [3.63, 3.8) is 0 Å². The van der Waals surface area contributed by atoms with E-state index in [1.54, 1.807) is 0 Å². The van der Waals surface area contributed by atoms with Crippen LogP contribution in [0.2, 0.25) is 0 Å². The molecule has 0 aromatic carbocycles. The number of rotatable bonds is 6. The number of pyridine rings is 1. The van der Waals surface area contributed by atoms with Crippen LogP contribution < -0.4 is 10.2 Å². The number of anilines is 1. The molecule has 0 bridgehead atoms. The maximum atomic E-state index is 4.89. The lowest BCUT2D eigenvalue weighted by atomic mass is 10.1. The van der Waals surface area contributed by atoms with Gasteiger partial charge in [0.25, 0.3) is 0 Å². The lowest BCUT2D eigenvalue weighted by molar-refractivity contribution is 0.718. The van der Waals surface area contributed by atoms with Crippen molar-refractivity contribution in [2.45, 2.75) is 58.9 Å². The monoisotopic (exact) mass is 275 g/mol. The average molecular weight is 275 g/mol.